The van der Waals surface area contributed by atoms with E-state index in [-0.39, 0.29) is 0 Å². The standard InChI is InChI=1S/C10H18N4O/c1-13-10-2-3-14(7-9(15)4-11)6-8(10)5-12-13/h5,9,15H,2-4,6-7,11H2,1H3/t9-/m0/s1. The summed E-state index contributed by atoms with van der Waals surface area (Å²) in [6.45, 7) is 2.84. The van der Waals surface area contributed by atoms with Gasteiger partial charge in [0.1, 0.15) is 0 Å². The van der Waals surface area contributed by atoms with E-state index in [4.69, 9.17) is 5.73 Å². The third-order valence-electron chi connectivity index (χ3n) is 2.95. The molecule has 1 aliphatic rings. The molecule has 3 N–H and O–H groups in total. The number of aromatic nitrogens is 2. The van der Waals surface area contributed by atoms with Crippen molar-refractivity contribution in [2.24, 2.45) is 12.8 Å². The second kappa shape index (κ2) is 4.30. The normalized spacial score (nSPS) is 18.9. The minimum absolute atomic E-state index is 0.330. The summed E-state index contributed by atoms with van der Waals surface area (Å²) in [6, 6.07) is 0. The quantitative estimate of drug-likeness (QED) is 0.678. The maximum absolute atomic E-state index is 9.48. The first-order chi connectivity index (χ1) is 7.20. The van der Waals surface area contributed by atoms with E-state index in [2.05, 4.69) is 10.00 Å². The van der Waals surface area contributed by atoms with Gasteiger partial charge in [0.05, 0.1) is 12.3 Å². The number of β-amino-alcohol motifs (C(OH)–C–C–N with tert-alkyl or cyclic N) is 1. The number of fused-ring (bicyclic) bond motifs is 1. The SMILES string of the molecule is Cn1ncc2c1CCN(C[C@@H](O)CN)C2. The highest BCUT2D eigenvalue weighted by Crippen LogP contribution is 2.17. The van der Waals surface area contributed by atoms with Gasteiger partial charge in [-0.05, 0) is 0 Å². The van der Waals surface area contributed by atoms with Crippen LogP contribution in [0.1, 0.15) is 11.3 Å². The Morgan fingerprint density at radius 3 is 3.20 bits per heavy atom. The zero-order valence-electron chi connectivity index (χ0n) is 9.06. The highest BCUT2D eigenvalue weighted by molar-refractivity contribution is 5.20. The fourth-order valence-electron chi connectivity index (χ4n) is 2.08. The van der Waals surface area contributed by atoms with Crippen LogP contribution in [-0.4, -0.2) is 45.5 Å². The summed E-state index contributed by atoms with van der Waals surface area (Å²) in [6.07, 6.45) is 2.50. The van der Waals surface area contributed by atoms with E-state index in [1.807, 2.05) is 17.9 Å². The van der Waals surface area contributed by atoms with Crippen molar-refractivity contribution in [3.8, 4) is 0 Å². The Balaban J connectivity index is 2.00. The van der Waals surface area contributed by atoms with Crippen molar-refractivity contribution in [1.82, 2.24) is 14.7 Å². The summed E-state index contributed by atoms with van der Waals surface area (Å²) in [5.41, 5.74) is 7.98. The highest BCUT2D eigenvalue weighted by atomic mass is 16.3. The Kier molecular flexibility index (Phi) is 3.04. The molecule has 84 valence electrons. The smallest absolute Gasteiger partial charge is 0.0789 e. The van der Waals surface area contributed by atoms with Gasteiger partial charge >= 0.3 is 0 Å². The molecule has 0 fully saturated rings. The van der Waals surface area contributed by atoms with Crippen LogP contribution in [0.5, 0.6) is 0 Å². The summed E-state index contributed by atoms with van der Waals surface area (Å²) < 4.78 is 1.94. The minimum Gasteiger partial charge on any atom is -0.390 e. The van der Waals surface area contributed by atoms with Crippen molar-refractivity contribution >= 4 is 0 Å². The molecule has 0 saturated carbocycles. The molecule has 0 bridgehead atoms. The Hall–Kier alpha value is -0.910. The first kappa shape index (κ1) is 10.6. The van der Waals surface area contributed by atoms with Crippen molar-refractivity contribution in [2.45, 2.75) is 19.1 Å². The van der Waals surface area contributed by atoms with Crippen LogP contribution in [-0.2, 0) is 20.0 Å². The van der Waals surface area contributed by atoms with E-state index in [9.17, 15) is 5.11 Å². The van der Waals surface area contributed by atoms with Crippen molar-refractivity contribution in [1.29, 1.82) is 0 Å². The molecule has 2 rings (SSSR count). The van der Waals surface area contributed by atoms with Crippen LogP contribution in [0.4, 0.5) is 0 Å². The number of aliphatic hydroxyl groups excluding tert-OH is 1. The predicted molar refractivity (Wildman–Crippen MR) is 57.3 cm³/mol. The second-order valence-electron chi connectivity index (χ2n) is 4.11. The summed E-state index contributed by atoms with van der Waals surface area (Å²) in [7, 11) is 1.98. The molecule has 0 amide bonds. The van der Waals surface area contributed by atoms with E-state index in [1.54, 1.807) is 0 Å². The molecule has 0 saturated heterocycles. The number of aliphatic hydroxyl groups is 1. The van der Waals surface area contributed by atoms with Gasteiger partial charge in [0.25, 0.3) is 0 Å². The maximum atomic E-state index is 9.48. The molecule has 1 aromatic heterocycles. The number of rotatable bonds is 3. The molecule has 0 spiro atoms. The molecule has 0 radical (unpaired) electrons. The number of hydrogen-bond donors (Lipinski definition) is 2. The zero-order chi connectivity index (χ0) is 10.8. The molecular formula is C10H18N4O. The fourth-order valence-corrected chi connectivity index (χ4v) is 2.08. The largest absolute Gasteiger partial charge is 0.390 e. The van der Waals surface area contributed by atoms with E-state index in [0.717, 1.165) is 19.5 Å². The number of hydrogen-bond acceptors (Lipinski definition) is 4. The molecular weight excluding hydrogens is 192 g/mol. The fraction of sp³-hybridized carbons (Fsp3) is 0.700. The van der Waals surface area contributed by atoms with Gasteiger partial charge < -0.3 is 10.8 Å². The number of nitrogens with zero attached hydrogens (tertiary/aromatic N) is 3. The first-order valence-corrected chi connectivity index (χ1v) is 5.31. The molecule has 0 aliphatic carbocycles. The lowest BCUT2D eigenvalue weighted by Gasteiger charge is -2.28. The summed E-state index contributed by atoms with van der Waals surface area (Å²) in [4.78, 5) is 2.22. The van der Waals surface area contributed by atoms with Gasteiger partial charge in [0.2, 0.25) is 0 Å². The van der Waals surface area contributed by atoms with E-state index < -0.39 is 6.10 Å². The third-order valence-corrected chi connectivity index (χ3v) is 2.95. The van der Waals surface area contributed by atoms with Crippen molar-refractivity contribution in [2.75, 3.05) is 19.6 Å². The molecule has 0 aromatic carbocycles. The van der Waals surface area contributed by atoms with Crippen LogP contribution >= 0.6 is 0 Å². The Morgan fingerprint density at radius 1 is 1.67 bits per heavy atom. The lowest BCUT2D eigenvalue weighted by molar-refractivity contribution is 0.111. The third kappa shape index (κ3) is 2.19. The number of aryl methyl sites for hydroxylation is 1. The summed E-state index contributed by atoms with van der Waals surface area (Å²) >= 11 is 0. The molecule has 1 atom stereocenters. The van der Waals surface area contributed by atoms with E-state index in [1.165, 1.54) is 11.3 Å². The molecule has 15 heavy (non-hydrogen) atoms. The maximum Gasteiger partial charge on any atom is 0.0789 e. The molecule has 5 nitrogen and oxygen atoms in total. The Morgan fingerprint density at radius 2 is 2.47 bits per heavy atom. The predicted octanol–water partition coefficient (Wildman–Crippen LogP) is -0.902. The molecule has 1 aromatic rings. The van der Waals surface area contributed by atoms with Gasteiger partial charge in [0, 0.05) is 50.9 Å². The topological polar surface area (TPSA) is 67.3 Å². The van der Waals surface area contributed by atoms with Gasteiger partial charge in [-0.2, -0.15) is 5.10 Å². The monoisotopic (exact) mass is 210 g/mol. The molecule has 2 heterocycles. The second-order valence-corrected chi connectivity index (χ2v) is 4.11. The Labute approximate surface area is 89.5 Å². The zero-order valence-corrected chi connectivity index (χ0v) is 9.06. The van der Waals surface area contributed by atoms with Crippen LogP contribution in [0.3, 0.4) is 0 Å². The van der Waals surface area contributed by atoms with Gasteiger partial charge in [-0.25, -0.2) is 0 Å². The summed E-state index contributed by atoms with van der Waals surface area (Å²) in [5, 5.41) is 13.7. The number of nitrogens with two attached hydrogens (primary N) is 1. The Bertz CT molecular complexity index is 336. The van der Waals surface area contributed by atoms with Gasteiger partial charge in [-0.3, -0.25) is 9.58 Å². The molecule has 1 aliphatic heterocycles. The molecule has 0 unspecified atom stereocenters. The van der Waals surface area contributed by atoms with Crippen LogP contribution in [0.15, 0.2) is 6.20 Å². The average Bonchev–Trinajstić information content (AvgIpc) is 2.60. The van der Waals surface area contributed by atoms with Crippen LogP contribution < -0.4 is 5.73 Å². The average molecular weight is 210 g/mol. The van der Waals surface area contributed by atoms with E-state index >= 15 is 0 Å². The molecule has 5 heteroatoms. The van der Waals surface area contributed by atoms with Crippen molar-refractivity contribution in [3.05, 3.63) is 17.5 Å². The van der Waals surface area contributed by atoms with Gasteiger partial charge in [0.15, 0.2) is 0 Å². The van der Waals surface area contributed by atoms with Crippen LogP contribution in [0, 0.1) is 0 Å². The van der Waals surface area contributed by atoms with Crippen molar-refractivity contribution < 1.29 is 5.11 Å². The van der Waals surface area contributed by atoms with Crippen LogP contribution in [0.2, 0.25) is 0 Å². The summed E-state index contributed by atoms with van der Waals surface area (Å²) in [5.74, 6) is 0. The minimum atomic E-state index is -0.414. The first-order valence-electron chi connectivity index (χ1n) is 5.31. The van der Waals surface area contributed by atoms with Crippen LogP contribution in [0.25, 0.3) is 0 Å². The van der Waals surface area contributed by atoms with Crippen molar-refractivity contribution in [3.63, 3.8) is 0 Å². The van der Waals surface area contributed by atoms with Gasteiger partial charge in [-0.1, -0.05) is 0 Å². The highest BCUT2D eigenvalue weighted by Gasteiger charge is 2.20. The lowest BCUT2D eigenvalue weighted by atomic mass is 10.1. The van der Waals surface area contributed by atoms with E-state index in [0.29, 0.717) is 13.1 Å². The lowest BCUT2D eigenvalue weighted by Crippen LogP contribution is -2.39. The van der Waals surface area contributed by atoms with Gasteiger partial charge in [-0.15, -0.1) is 0 Å².